The van der Waals surface area contributed by atoms with Crippen molar-refractivity contribution < 1.29 is 23.7 Å². The highest BCUT2D eigenvalue weighted by Crippen LogP contribution is 2.40. The summed E-state index contributed by atoms with van der Waals surface area (Å²) >= 11 is 0. The molecule has 3 aromatic rings. The number of imidazole rings is 1. The van der Waals surface area contributed by atoms with Gasteiger partial charge in [-0.2, -0.15) is 5.10 Å². The normalized spacial score (nSPS) is 23.8. The van der Waals surface area contributed by atoms with Crippen molar-refractivity contribution in [2.75, 3.05) is 19.0 Å². The van der Waals surface area contributed by atoms with Crippen LogP contribution in [0.3, 0.4) is 0 Å². The molecular weight excluding hydrogens is 445 g/mol. The Labute approximate surface area is 196 Å². The van der Waals surface area contributed by atoms with E-state index in [2.05, 4.69) is 25.8 Å². The van der Waals surface area contributed by atoms with E-state index in [9.17, 15) is 5.11 Å². The van der Waals surface area contributed by atoms with E-state index < -0.39 is 24.8 Å². The van der Waals surface area contributed by atoms with Gasteiger partial charge in [0.2, 0.25) is 12.4 Å². The molecule has 0 aromatic carbocycles. The summed E-state index contributed by atoms with van der Waals surface area (Å²) in [5.74, 6) is 1.49. The number of aromatic amines is 1. The second-order valence-corrected chi connectivity index (χ2v) is 9.05. The van der Waals surface area contributed by atoms with Crippen LogP contribution in [0.25, 0.3) is 5.65 Å². The summed E-state index contributed by atoms with van der Waals surface area (Å²) in [7, 11) is 1.63. The van der Waals surface area contributed by atoms with Crippen LogP contribution in [0.15, 0.2) is 18.3 Å². The number of nitrogens with zero attached hydrogens (tertiary/aromatic N) is 4. The van der Waals surface area contributed by atoms with E-state index in [1.54, 1.807) is 13.2 Å². The Bertz CT molecular complexity index is 1130. The van der Waals surface area contributed by atoms with Crippen molar-refractivity contribution in [3.63, 3.8) is 0 Å². The second kappa shape index (κ2) is 9.55. The zero-order valence-electron chi connectivity index (χ0n) is 19.4. The molecule has 3 aromatic heterocycles. The van der Waals surface area contributed by atoms with Crippen LogP contribution >= 0.6 is 0 Å². The number of hydrogen-bond donors (Lipinski definition) is 4. The second-order valence-electron chi connectivity index (χ2n) is 9.05. The number of H-pyrrole nitrogens is 1. The van der Waals surface area contributed by atoms with Gasteiger partial charge in [0, 0.05) is 37.4 Å². The molecule has 4 N–H and O–H groups in total. The lowest BCUT2D eigenvalue weighted by Gasteiger charge is -2.21. The van der Waals surface area contributed by atoms with Gasteiger partial charge in [-0.1, -0.05) is 0 Å². The summed E-state index contributed by atoms with van der Waals surface area (Å²) < 4.78 is 33.1. The van der Waals surface area contributed by atoms with Crippen molar-refractivity contribution >= 4 is 17.4 Å². The molecule has 4 atom stereocenters. The molecule has 5 rings (SSSR count). The average molecular weight is 476 g/mol. The van der Waals surface area contributed by atoms with Gasteiger partial charge < -0.3 is 24.6 Å². The van der Waals surface area contributed by atoms with Crippen molar-refractivity contribution in [2.24, 2.45) is 0 Å². The van der Waals surface area contributed by atoms with Crippen LogP contribution in [0.1, 0.15) is 55.8 Å². The minimum Gasteiger partial charge on any atom is -0.378 e. The highest BCUT2D eigenvalue weighted by molar-refractivity contribution is 5.56. The van der Waals surface area contributed by atoms with Crippen LogP contribution in [0, 0.1) is 0 Å². The molecule has 184 valence electrons. The van der Waals surface area contributed by atoms with Crippen molar-refractivity contribution in [3.05, 3.63) is 35.4 Å². The van der Waals surface area contributed by atoms with Gasteiger partial charge in [0.1, 0.15) is 17.9 Å². The SMILES string of the molecule is COCc1cn2c(Nc3cc([C@@H]4OC[C@H](OC(O)NC(C)C)[C@H]4F)[nH]n3)nc(C3CC3)cc2n1. The van der Waals surface area contributed by atoms with E-state index >= 15 is 4.39 Å². The molecule has 4 heterocycles. The number of rotatable bonds is 10. The Kier molecular flexibility index (Phi) is 6.49. The number of fused-ring (bicyclic) bond motifs is 1. The summed E-state index contributed by atoms with van der Waals surface area (Å²) in [4.78, 5) is 9.40. The Balaban J connectivity index is 1.32. The molecule has 0 spiro atoms. The standard InChI is InChI=1S/C22H30FN7O4/c1-11(2)24-22(31)34-16-10-33-20(19(16)23)15-6-17(29-28-15)27-21-26-14(12-4-5-12)7-18-25-13(9-32-3)8-30(18)21/h6-8,11-12,16,19-20,22,24,31H,4-5,9-10H2,1-3H3,(H2,26,27,28,29)/t16-,19+,20-,22?/m0/s1. The zero-order valence-corrected chi connectivity index (χ0v) is 19.4. The molecule has 0 amide bonds. The van der Waals surface area contributed by atoms with E-state index in [0.29, 0.717) is 30.0 Å². The number of halogens is 1. The fourth-order valence-corrected chi connectivity index (χ4v) is 4.05. The fourth-order valence-electron chi connectivity index (χ4n) is 4.05. The fraction of sp³-hybridized carbons (Fsp3) is 0.591. The maximum Gasteiger partial charge on any atom is 0.214 e. The molecule has 1 unspecified atom stereocenters. The number of aliphatic hydroxyl groups is 1. The van der Waals surface area contributed by atoms with Gasteiger partial charge in [-0.25, -0.2) is 14.4 Å². The van der Waals surface area contributed by atoms with Gasteiger partial charge in [0.05, 0.1) is 30.3 Å². The molecule has 2 aliphatic rings. The van der Waals surface area contributed by atoms with Crippen molar-refractivity contribution in [1.29, 1.82) is 0 Å². The predicted octanol–water partition coefficient (Wildman–Crippen LogP) is 2.29. The lowest BCUT2D eigenvalue weighted by molar-refractivity contribution is -0.166. The lowest BCUT2D eigenvalue weighted by Crippen LogP contribution is -2.41. The van der Waals surface area contributed by atoms with Crippen molar-refractivity contribution in [2.45, 2.75) is 70.0 Å². The first kappa shape index (κ1) is 23.1. The summed E-state index contributed by atoms with van der Waals surface area (Å²) in [5.41, 5.74) is 3.02. The number of alkyl halides is 1. The quantitative estimate of drug-likeness (QED) is 0.326. The molecule has 0 bridgehead atoms. The molecule has 0 radical (unpaired) electrons. The minimum absolute atomic E-state index is 0.00742. The van der Waals surface area contributed by atoms with Crippen molar-refractivity contribution in [1.82, 2.24) is 29.9 Å². The first-order valence-electron chi connectivity index (χ1n) is 11.5. The van der Waals surface area contributed by atoms with E-state index in [0.717, 1.165) is 29.9 Å². The number of hydrogen-bond acceptors (Lipinski definition) is 9. The van der Waals surface area contributed by atoms with Gasteiger partial charge in [-0.15, -0.1) is 0 Å². The maximum absolute atomic E-state index is 15.0. The van der Waals surface area contributed by atoms with Crippen LogP contribution in [-0.4, -0.2) is 68.1 Å². The molecule has 2 fully saturated rings. The number of anilines is 2. The first-order chi connectivity index (χ1) is 16.4. The topological polar surface area (TPSA) is 131 Å². The Hall–Kier alpha value is -2.64. The number of aliphatic hydroxyl groups excluding tert-OH is 1. The molecule has 1 saturated heterocycles. The van der Waals surface area contributed by atoms with Gasteiger partial charge in [0.25, 0.3) is 0 Å². The average Bonchev–Trinajstić information content (AvgIpc) is 3.24. The maximum atomic E-state index is 15.0. The third-order valence-corrected chi connectivity index (χ3v) is 5.82. The lowest BCUT2D eigenvalue weighted by atomic mass is 10.1. The van der Waals surface area contributed by atoms with Crippen LogP contribution < -0.4 is 10.6 Å². The van der Waals surface area contributed by atoms with Gasteiger partial charge >= 0.3 is 0 Å². The predicted molar refractivity (Wildman–Crippen MR) is 120 cm³/mol. The highest BCUT2D eigenvalue weighted by atomic mass is 19.1. The number of aromatic nitrogens is 5. The minimum atomic E-state index is -1.47. The first-order valence-corrected chi connectivity index (χ1v) is 11.5. The highest BCUT2D eigenvalue weighted by Gasteiger charge is 2.41. The van der Waals surface area contributed by atoms with Crippen LogP contribution in [-0.2, 0) is 20.8 Å². The monoisotopic (exact) mass is 475 g/mol. The van der Waals surface area contributed by atoms with E-state index in [4.69, 9.17) is 19.2 Å². The van der Waals surface area contributed by atoms with E-state index in [1.165, 1.54) is 0 Å². The molecule has 1 saturated carbocycles. The molecule has 12 heteroatoms. The van der Waals surface area contributed by atoms with Crippen LogP contribution in [0.4, 0.5) is 16.2 Å². The third-order valence-electron chi connectivity index (χ3n) is 5.82. The Morgan fingerprint density at radius 3 is 2.88 bits per heavy atom. The summed E-state index contributed by atoms with van der Waals surface area (Å²) in [6.45, 7) is 4.14. The molecule has 34 heavy (non-hydrogen) atoms. The van der Waals surface area contributed by atoms with Crippen molar-refractivity contribution in [3.8, 4) is 0 Å². The molecular formula is C22H30FN7O4. The number of methoxy groups -OCH3 is 1. The third kappa shape index (κ3) is 4.91. The van der Waals surface area contributed by atoms with Gasteiger partial charge in [0.15, 0.2) is 12.0 Å². The molecule has 11 nitrogen and oxygen atoms in total. The summed E-state index contributed by atoms with van der Waals surface area (Å²) in [6.07, 6.45) is -0.418. The van der Waals surface area contributed by atoms with Crippen LogP contribution in [0.2, 0.25) is 0 Å². The Morgan fingerprint density at radius 2 is 2.15 bits per heavy atom. The summed E-state index contributed by atoms with van der Waals surface area (Å²) in [5, 5.41) is 23.0. The van der Waals surface area contributed by atoms with E-state index in [-0.39, 0.29) is 12.6 Å². The zero-order chi connectivity index (χ0) is 23.8. The van der Waals surface area contributed by atoms with E-state index in [1.807, 2.05) is 30.5 Å². The van der Waals surface area contributed by atoms with Gasteiger partial charge in [-0.05, 0) is 26.7 Å². The Morgan fingerprint density at radius 1 is 1.32 bits per heavy atom. The largest absolute Gasteiger partial charge is 0.378 e. The molecule has 1 aliphatic carbocycles. The van der Waals surface area contributed by atoms with Gasteiger partial charge in [-0.3, -0.25) is 14.8 Å². The smallest absolute Gasteiger partial charge is 0.214 e. The summed E-state index contributed by atoms with van der Waals surface area (Å²) in [6, 6.07) is 3.68. The molecule has 1 aliphatic heterocycles. The number of nitrogens with one attached hydrogen (secondary N) is 3. The van der Waals surface area contributed by atoms with Crippen LogP contribution in [0.5, 0.6) is 0 Å². The number of ether oxygens (including phenoxy) is 3.